The van der Waals surface area contributed by atoms with Crippen LogP contribution in [0.15, 0.2) is 48.5 Å². The lowest BCUT2D eigenvalue weighted by Crippen LogP contribution is -2.12. The Labute approximate surface area is 125 Å². The number of nitrogens with one attached hydrogen (secondary N) is 1. The van der Waals surface area contributed by atoms with Crippen LogP contribution in [0.25, 0.3) is 0 Å². The van der Waals surface area contributed by atoms with Crippen LogP contribution in [0.3, 0.4) is 0 Å². The van der Waals surface area contributed by atoms with Gasteiger partial charge in [0.05, 0.1) is 0 Å². The topological polar surface area (TPSA) is 29.1 Å². The SMILES string of the molecule is O=C(CCc1cccc(F)c1)Nc1ccc(I)cc1. The molecule has 2 nitrogen and oxygen atoms in total. The van der Waals surface area contributed by atoms with Crippen LogP contribution in [0.4, 0.5) is 10.1 Å². The molecule has 1 amide bonds. The fourth-order valence-corrected chi connectivity index (χ4v) is 2.07. The molecule has 4 heteroatoms. The monoisotopic (exact) mass is 369 g/mol. The number of benzene rings is 2. The molecule has 2 aromatic rings. The van der Waals surface area contributed by atoms with E-state index >= 15 is 0 Å². The Bertz CT molecular complexity index is 569. The number of carbonyl (C=O) groups excluding carboxylic acids is 1. The lowest BCUT2D eigenvalue weighted by molar-refractivity contribution is -0.116. The van der Waals surface area contributed by atoms with Crippen LogP contribution in [-0.4, -0.2) is 5.91 Å². The number of carbonyl (C=O) groups is 1. The van der Waals surface area contributed by atoms with Gasteiger partial charge in [-0.2, -0.15) is 0 Å². The van der Waals surface area contributed by atoms with Gasteiger partial charge in [0.25, 0.3) is 0 Å². The highest BCUT2D eigenvalue weighted by Gasteiger charge is 2.03. The molecule has 0 aliphatic rings. The Morgan fingerprint density at radius 1 is 1.16 bits per heavy atom. The third kappa shape index (κ3) is 4.63. The first-order chi connectivity index (χ1) is 9.13. The molecular weight excluding hydrogens is 356 g/mol. The summed E-state index contributed by atoms with van der Waals surface area (Å²) in [5.41, 5.74) is 1.61. The number of halogens is 2. The third-order valence-corrected chi connectivity index (χ3v) is 3.38. The Kier molecular flexibility index (Phi) is 4.90. The van der Waals surface area contributed by atoms with Gasteiger partial charge in [-0.25, -0.2) is 4.39 Å². The first kappa shape index (κ1) is 14.0. The highest BCUT2D eigenvalue weighted by molar-refractivity contribution is 14.1. The quantitative estimate of drug-likeness (QED) is 0.811. The highest BCUT2D eigenvalue weighted by atomic mass is 127. The molecule has 1 N–H and O–H groups in total. The van der Waals surface area contributed by atoms with Crippen LogP contribution in [0.1, 0.15) is 12.0 Å². The van der Waals surface area contributed by atoms with E-state index < -0.39 is 0 Å². The zero-order valence-corrected chi connectivity index (χ0v) is 12.4. The molecule has 0 atom stereocenters. The zero-order valence-electron chi connectivity index (χ0n) is 10.2. The minimum absolute atomic E-state index is 0.0644. The minimum Gasteiger partial charge on any atom is -0.326 e. The van der Waals surface area contributed by atoms with E-state index in [1.165, 1.54) is 12.1 Å². The summed E-state index contributed by atoms with van der Waals surface area (Å²) in [5, 5.41) is 2.82. The molecule has 0 saturated carbocycles. The van der Waals surface area contributed by atoms with E-state index in [4.69, 9.17) is 0 Å². The maximum Gasteiger partial charge on any atom is 0.224 e. The molecule has 2 aromatic carbocycles. The maximum atomic E-state index is 13.0. The van der Waals surface area contributed by atoms with Crippen molar-refractivity contribution in [2.24, 2.45) is 0 Å². The van der Waals surface area contributed by atoms with Gasteiger partial charge in [0, 0.05) is 15.7 Å². The summed E-state index contributed by atoms with van der Waals surface area (Å²) in [6.45, 7) is 0. The number of rotatable bonds is 4. The summed E-state index contributed by atoms with van der Waals surface area (Å²) in [6.07, 6.45) is 0.878. The van der Waals surface area contributed by atoms with Crippen molar-refractivity contribution in [1.82, 2.24) is 0 Å². The summed E-state index contributed by atoms with van der Waals surface area (Å²) in [5.74, 6) is -0.332. The van der Waals surface area contributed by atoms with Gasteiger partial charge < -0.3 is 5.32 Å². The first-order valence-electron chi connectivity index (χ1n) is 5.93. The second kappa shape index (κ2) is 6.65. The van der Waals surface area contributed by atoms with E-state index in [1.54, 1.807) is 6.07 Å². The predicted octanol–water partition coefficient (Wildman–Crippen LogP) is 4.00. The van der Waals surface area contributed by atoms with E-state index in [-0.39, 0.29) is 11.7 Å². The number of hydrogen-bond donors (Lipinski definition) is 1. The van der Waals surface area contributed by atoms with Crippen molar-refractivity contribution in [3.05, 3.63) is 63.5 Å². The third-order valence-electron chi connectivity index (χ3n) is 2.66. The van der Waals surface area contributed by atoms with Gasteiger partial charge in [-0.3, -0.25) is 4.79 Å². The number of amides is 1. The molecule has 0 radical (unpaired) electrons. The molecule has 0 saturated heterocycles. The van der Waals surface area contributed by atoms with E-state index in [9.17, 15) is 9.18 Å². The maximum absolute atomic E-state index is 13.0. The summed E-state index contributed by atoms with van der Waals surface area (Å²) in [4.78, 5) is 11.7. The molecule has 0 spiro atoms. The molecule has 0 fully saturated rings. The molecule has 0 aromatic heterocycles. The van der Waals surface area contributed by atoms with Crippen molar-refractivity contribution in [2.75, 3.05) is 5.32 Å². The second-order valence-corrected chi connectivity index (χ2v) is 5.43. The standard InChI is InChI=1S/C15H13FINO/c16-12-3-1-2-11(10-12)4-9-15(19)18-14-7-5-13(17)6-8-14/h1-3,5-8,10H,4,9H2,(H,18,19). The van der Waals surface area contributed by atoms with Gasteiger partial charge in [0.2, 0.25) is 5.91 Å². The molecule has 98 valence electrons. The summed E-state index contributed by atoms with van der Waals surface area (Å²) in [7, 11) is 0. The number of aryl methyl sites for hydroxylation is 1. The van der Waals surface area contributed by atoms with Crippen LogP contribution in [0, 0.1) is 9.39 Å². The first-order valence-corrected chi connectivity index (χ1v) is 7.01. The van der Waals surface area contributed by atoms with Crippen molar-refractivity contribution in [3.8, 4) is 0 Å². The number of hydrogen-bond acceptors (Lipinski definition) is 1. The Morgan fingerprint density at radius 2 is 1.89 bits per heavy atom. The average Bonchev–Trinajstić information content (AvgIpc) is 2.39. The molecule has 0 bridgehead atoms. The van der Waals surface area contributed by atoms with Gasteiger partial charge in [-0.1, -0.05) is 12.1 Å². The van der Waals surface area contributed by atoms with Gasteiger partial charge in [0.15, 0.2) is 0 Å². The van der Waals surface area contributed by atoms with E-state index in [0.29, 0.717) is 12.8 Å². The van der Waals surface area contributed by atoms with Gasteiger partial charge in [-0.05, 0) is 71.0 Å². The average molecular weight is 369 g/mol. The predicted molar refractivity (Wildman–Crippen MR) is 82.5 cm³/mol. The van der Waals surface area contributed by atoms with Crippen LogP contribution in [0.5, 0.6) is 0 Å². The van der Waals surface area contributed by atoms with Crippen molar-refractivity contribution in [1.29, 1.82) is 0 Å². The van der Waals surface area contributed by atoms with Crippen molar-refractivity contribution < 1.29 is 9.18 Å². The largest absolute Gasteiger partial charge is 0.326 e. The summed E-state index contributed by atoms with van der Waals surface area (Å²) in [6, 6.07) is 13.9. The molecule has 0 aliphatic carbocycles. The Hall–Kier alpha value is -1.43. The van der Waals surface area contributed by atoms with Crippen molar-refractivity contribution in [2.45, 2.75) is 12.8 Å². The molecular formula is C15H13FINO. The fraction of sp³-hybridized carbons (Fsp3) is 0.133. The second-order valence-electron chi connectivity index (χ2n) is 4.18. The lowest BCUT2D eigenvalue weighted by Gasteiger charge is -2.05. The Morgan fingerprint density at radius 3 is 2.58 bits per heavy atom. The van der Waals surface area contributed by atoms with Crippen molar-refractivity contribution in [3.63, 3.8) is 0 Å². The smallest absolute Gasteiger partial charge is 0.224 e. The molecule has 0 unspecified atom stereocenters. The fourth-order valence-electron chi connectivity index (χ4n) is 1.71. The lowest BCUT2D eigenvalue weighted by atomic mass is 10.1. The van der Waals surface area contributed by atoms with Gasteiger partial charge >= 0.3 is 0 Å². The van der Waals surface area contributed by atoms with Gasteiger partial charge in [-0.15, -0.1) is 0 Å². The van der Waals surface area contributed by atoms with Gasteiger partial charge in [0.1, 0.15) is 5.82 Å². The van der Waals surface area contributed by atoms with Crippen LogP contribution in [0.2, 0.25) is 0 Å². The molecule has 19 heavy (non-hydrogen) atoms. The summed E-state index contributed by atoms with van der Waals surface area (Å²) >= 11 is 2.21. The summed E-state index contributed by atoms with van der Waals surface area (Å²) < 4.78 is 14.1. The molecule has 2 rings (SSSR count). The zero-order chi connectivity index (χ0) is 13.7. The number of anilines is 1. The van der Waals surface area contributed by atoms with Crippen LogP contribution < -0.4 is 5.32 Å². The van der Waals surface area contributed by atoms with Crippen LogP contribution in [-0.2, 0) is 11.2 Å². The van der Waals surface area contributed by atoms with E-state index in [2.05, 4.69) is 27.9 Å². The minimum atomic E-state index is -0.268. The van der Waals surface area contributed by atoms with Crippen LogP contribution >= 0.6 is 22.6 Å². The van der Waals surface area contributed by atoms with E-state index in [0.717, 1.165) is 14.8 Å². The molecule has 0 heterocycles. The molecule has 0 aliphatic heterocycles. The van der Waals surface area contributed by atoms with Crippen molar-refractivity contribution >= 4 is 34.2 Å². The highest BCUT2D eigenvalue weighted by Crippen LogP contribution is 2.12. The van der Waals surface area contributed by atoms with E-state index in [1.807, 2.05) is 30.3 Å². The normalized spacial score (nSPS) is 10.2. The Balaban J connectivity index is 1.86.